The van der Waals surface area contributed by atoms with Crippen LogP contribution in [0.2, 0.25) is 0 Å². The molecule has 0 spiro atoms. The van der Waals surface area contributed by atoms with Gasteiger partial charge in [0.25, 0.3) is 0 Å². The molecule has 0 aliphatic rings. The van der Waals surface area contributed by atoms with Gasteiger partial charge in [-0.1, -0.05) is 50.7 Å². The van der Waals surface area contributed by atoms with Crippen molar-refractivity contribution in [2.24, 2.45) is 0 Å². The first-order valence-corrected chi connectivity index (χ1v) is 8.39. The Morgan fingerprint density at radius 3 is 2.17 bits per heavy atom. The van der Waals surface area contributed by atoms with E-state index in [-0.39, 0.29) is 5.25 Å². The van der Waals surface area contributed by atoms with E-state index in [1.165, 1.54) is 0 Å². The standard InChI is InChI=1S/C14H29NOS2/c1-6-10-12(14(5,16)11-7-2)18-13(17)15(8-3)9-4/h12,16H,6-11H2,1-5H3. The Labute approximate surface area is 123 Å². The van der Waals surface area contributed by atoms with Gasteiger partial charge in [0.1, 0.15) is 4.32 Å². The van der Waals surface area contributed by atoms with E-state index in [0.717, 1.165) is 43.1 Å². The zero-order valence-electron chi connectivity index (χ0n) is 12.5. The van der Waals surface area contributed by atoms with Crippen molar-refractivity contribution in [3.05, 3.63) is 0 Å². The van der Waals surface area contributed by atoms with Crippen molar-refractivity contribution in [3.63, 3.8) is 0 Å². The summed E-state index contributed by atoms with van der Waals surface area (Å²) in [5, 5.41) is 10.8. The first-order chi connectivity index (χ1) is 8.42. The van der Waals surface area contributed by atoms with E-state index in [1.54, 1.807) is 11.8 Å². The van der Waals surface area contributed by atoms with Crippen LogP contribution in [-0.2, 0) is 0 Å². The zero-order valence-corrected chi connectivity index (χ0v) is 14.2. The molecule has 2 atom stereocenters. The molecular weight excluding hydrogens is 262 g/mol. The third-order valence-electron chi connectivity index (χ3n) is 3.27. The highest BCUT2D eigenvalue weighted by Gasteiger charge is 2.32. The van der Waals surface area contributed by atoms with Gasteiger partial charge >= 0.3 is 0 Å². The fraction of sp³-hybridized carbons (Fsp3) is 0.929. The van der Waals surface area contributed by atoms with Crippen LogP contribution >= 0.6 is 24.0 Å². The van der Waals surface area contributed by atoms with Crippen molar-refractivity contribution in [3.8, 4) is 0 Å². The summed E-state index contributed by atoms with van der Waals surface area (Å²) in [6.07, 6.45) is 3.94. The molecule has 0 heterocycles. The van der Waals surface area contributed by atoms with Gasteiger partial charge in [-0.3, -0.25) is 0 Å². The normalized spacial score (nSPS) is 16.1. The number of nitrogens with zero attached hydrogens (tertiary/aromatic N) is 1. The number of hydrogen-bond donors (Lipinski definition) is 1. The summed E-state index contributed by atoms with van der Waals surface area (Å²) in [6, 6.07) is 0. The first-order valence-electron chi connectivity index (χ1n) is 7.10. The van der Waals surface area contributed by atoms with Crippen LogP contribution in [-0.4, -0.2) is 38.3 Å². The molecule has 0 radical (unpaired) electrons. The molecule has 18 heavy (non-hydrogen) atoms. The largest absolute Gasteiger partial charge is 0.389 e. The molecule has 0 amide bonds. The molecule has 0 saturated heterocycles. The predicted molar refractivity (Wildman–Crippen MR) is 87.3 cm³/mol. The second-order valence-electron chi connectivity index (χ2n) is 4.94. The van der Waals surface area contributed by atoms with Crippen LogP contribution in [0.1, 0.15) is 60.3 Å². The van der Waals surface area contributed by atoms with E-state index >= 15 is 0 Å². The number of thiocarbonyl (C=S) groups is 1. The summed E-state index contributed by atoms with van der Waals surface area (Å²) in [6.45, 7) is 12.4. The van der Waals surface area contributed by atoms with Gasteiger partial charge in [0.15, 0.2) is 0 Å². The lowest BCUT2D eigenvalue weighted by Crippen LogP contribution is -2.39. The predicted octanol–water partition coefficient (Wildman–Crippen LogP) is 4.07. The molecule has 108 valence electrons. The molecule has 0 aliphatic carbocycles. The Hall–Kier alpha value is 0.200. The second-order valence-corrected chi connectivity index (χ2v) is 6.78. The van der Waals surface area contributed by atoms with E-state index in [9.17, 15) is 5.11 Å². The van der Waals surface area contributed by atoms with Crippen molar-refractivity contribution in [2.75, 3.05) is 13.1 Å². The van der Waals surface area contributed by atoms with E-state index in [1.807, 2.05) is 6.92 Å². The van der Waals surface area contributed by atoms with Gasteiger partial charge in [0.2, 0.25) is 0 Å². The van der Waals surface area contributed by atoms with E-state index in [0.29, 0.717) is 0 Å². The lowest BCUT2D eigenvalue weighted by atomic mass is 9.93. The molecule has 2 nitrogen and oxygen atoms in total. The van der Waals surface area contributed by atoms with Gasteiger partial charge in [0, 0.05) is 18.3 Å². The van der Waals surface area contributed by atoms with Gasteiger partial charge in [-0.15, -0.1) is 0 Å². The van der Waals surface area contributed by atoms with Crippen LogP contribution in [0.3, 0.4) is 0 Å². The van der Waals surface area contributed by atoms with Crippen LogP contribution in [0.5, 0.6) is 0 Å². The minimum Gasteiger partial charge on any atom is -0.389 e. The molecular formula is C14H29NOS2. The Kier molecular flexibility index (Phi) is 9.26. The highest BCUT2D eigenvalue weighted by Crippen LogP contribution is 2.32. The maximum absolute atomic E-state index is 10.6. The maximum Gasteiger partial charge on any atom is 0.136 e. The smallest absolute Gasteiger partial charge is 0.136 e. The van der Waals surface area contributed by atoms with Crippen LogP contribution in [0.4, 0.5) is 0 Å². The quantitative estimate of drug-likeness (QED) is 0.681. The van der Waals surface area contributed by atoms with Crippen molar-refractivity contribution in [1.29, 1.82) is 0 Å². The molecule has 1 N–H and O–H groups in total. The van der Waals surface area contributed by atoms with Gasteiger partial charge < -0.3 is 10.0 Å². The summed E-state index contributed by atoms with van der Waals surface area (Å²) >= 11 is 7.18. The zero-order chi connectivity index (χ0) is 14.2. The monoisotopic (exact) mass is 291 g/mol. The Balaban J connectivity index is 4.66. The average Bonchev–Trinajstić information content (AvgIpc) is 2.30. The number of hydrogen-bond acceptors (Lipinski definition) is 3. The molecule has 4 heteroatoms. The molecule has 0 bridgehead atoms. The third-order valence-corrected chi connectivity index (χ3v) is 5.30. The molecule has 2 unspecified atom stereocenters. The molecule has 0 saturated carbocycles. The van der Waals surface area contributed by atoms with Crippen molar-refractivity contribution in [1.82, 2.24) is 4.90 Å². The summed E-state index contributed by atoms with van der Waals surface area (Å²) in [7, 11) is 0. The van der Waals surface area contributed by atoms with Crippen molar-refractivity contribution < 1.29 is 5.11 Å². The van der Waals surface area contributed by atoms with Gasteiger partial charge in [-0.25, -0.2) is 0 Å². The molecule has 0 rings (SSSR count). The second kappa shape index (κ2) is 9.16. The van der Waals surface area contributed by atoms with Gasteiger partial charge in [-0.05, 0) is 33.6 Å². The molecule has 0 aromatic rings. The number of thioether (sulfide) groups is 1. The maximum atomic E-state index is 10.6. The van der Waals surface area contributed by atoms with Crippen LogP contribution in [0.15, 0.2) is 0 Å². The van der Waals surface area contributed by atoms with E-state index in [2.05, 4.69) is 32.6 Å². The SMILES string of the molecule is CCCC(SC(=S)N(CC)CC)C(C)(O)CCC. The summed E-state index contributed by atoms with van der Waals surface area (Å²) in [5.74, 6) is 0. The fourth-order valence-corrected chi connectivity index (χ4v) is 4.09. The Morgan fingerprint density at radius 2 is 1.78 bits per heavy atom. The molecule has 0 fully saturated rings. The van der Waals surface area contributed by atoms with Crippen LogP contribution in [0.25, 0.3) is 0 Å². The van der Waals surface area contributed by atoms with E-state index in [4.69, 9.17) is 12.2 Å². The topological polar surface area (TPSA) is 23.5 Å². The van der Waals surface area contributed by atoms with Gasteiger partial charge in [0.05, 0.1) is 5.60 Å². The van der Waals surface area contributed by atoms with Crippen molar-refractivity contribution >= 4 is 28.3 Å². The summed E-state index contributed by atoms with van der Waals surface area (Å²) < 4.78 is 0.926. The summed E-state index contributed by atoms with van der Waals surface area (Å²) in [5.41, 5.74) is -0.618. The highest BCUT2D eigenvalue weighted by molar-refractivity contribution is 8.23. The minimum absolute atomic E-state index is 0.204. The third kappa shape index (κ3) is 5.89. The molecule has 0 aliphatic heterocycles. The average molecular weight is 292 g/mol. The molecule has 0 aromatic carbocycles. The Bertz CT molecular complexity index is 240. The minimum atomic E-state index is -0.618. The number of rotatable bonds is 8. The first kappa shape index (κ1) is 18.2. The number of aliphatic hydroxyl groups is 1. The van der Waals surface area contributed by atoms with Crippen molar-refractivity contribution in [2.45, 2.75) is 71.2 Å². The van der Waals surface area contributed by atoms with Crippen LogP contribution < -0.4 is 0 Å². The lowest BCUT2D eigenvalue weighted by molar-refractivity contribution is 0.0456. The van der Waals surface area contributed by atoms with E-state index < -0.39 is 5.60 Å². The highest BCUT2D eigenvalue weighted by atomic mass is 32.2. The fourth-order valence-electron chi connectivity index (χ4n) is 2.10. The summed E-state index contributed by atoms with van der Waals surface area (Å²) in [4.78, 5) is 2.19. The van der Waals surface area contributed by atoms with Crippen LogP contribution in [0, 0.1) is 0 Å². The molecule has 0 aromatic heterocycles. The Morgan fingerprint density at radius 1 is 1.22 bits per heavy atom. The lowest BCUT2D eigenvalue weighted by Gasteiger charge is -2.34. The van der Waals surface area contributed by atoms with Gasteiger partial charge in [-0.2, -0.15) is 0 Å².